The van der Waals surface area contributed by atoms with Crippen molar-refractivity contribution in [3.05, 3.63) is 42.7 Å². The average molecular weight is 307 g/mol. The molecule has 0 spiro atoms. The Labute approximate surface area is 121 Å². The Kier molecular flexibility index (Phi) is 3.28. The summed E-state index contributed by atoms with van der Waals surface area (Å²) in [6, 6.07) is 7.34. The van der Waals surface area contributed by atoms with Gasteiger partial charge < -0.3 is 9.73 Å². The summed E-state index contributed by atoms with van der Waals surface area (Å²) in [7, 11) is 0. The molecule has 2 heterocycles. The molecule has 1 amide bonds. The van der Waals surface area contributed by atoms with E-state index in [2.05, 4.69) is 9.97 Å². The van der Waals surface area contributed by atoms with Crippen LogP contribution in [-0.4, -0.2) is 22.1 Å². The quantitative estimate of drug-likeness (QED) is 0.788. The number of fused-ring (bicyclic) bond motifs is 1. The first-order chi connectivity index (χ1) is 10.4. The summed E-state index contributed by atoms with van der Waals surface area (Å²) < 4.78 is 42.0. The first-order valence-corrected chi connectivity index (χ1v) is 6.12. The SMILES string of the molecule is O=C(Nc1ccc(-c2nc3cnccc3o2)cc1)C(F)(F)F. The van der Waals surface area contributed by atoms with Crippen LogP contribution in [0.15, 0.2) is 47.1 Å². The lowest BCUT2D eigenvalue weighted by atomic mass is 10.2. The van der Waals surface area contributed by atoms with Gasteiger partial charge in [0.05, 0.1) is 6.20 Å². The number of halogens is 3. The number of benzene rings is 1. The molecule has 0 fully saturated rings. The molecule has 0 radical (unpaired) electrons. The highest BCUT2D eigenvalue weighted by Crippen LogP contribution is 2.25. The molecule has 0 unspecified atom stereocenters. The summed E-state index contributed by atoms with van der Waals surface area (Å²) in [4.78, 5) is 19.0. The molecule has 0 aliphatic carbocycles. The number of anilines is 1. The van der Waals surface area contributed by atoms with Gasteiger partial charge in [0.15, 0.2) is 5.58 Å². The minimum Gasteiger partial charge on any atom is -0.436 e. The smallest absolute Gasteiger partial charge is 0.436 e. The van der Waals surface area contributed by atoms with E-state index in [0.717, 1.165) is 0 Å². The number of aromatic nitrogens is 2. The number of hydrogen-bond acceptors (Lipinski definition) is 4. The van der Waals surface area contributed by atoms with E-state index in [4.69, 9.17) is 4.42 Å². The van der Waals surface area contributed by atoms with E-state index in [-0.39, 0.29) is 5.69 Å². The molecule has 3 aromatic rings. The maximum atomic E-state index is 12.2. The monoisotopic (exact) mass is 307 g/mol. The number of carbonyl (C=O) groups excluding carboxylic acids is 1. The third kappa shape index (κ3) is 2.76. The second-order valence-corrected chi connectivity index (χ2v) is 4.39. The Bertz CT molecular complexity index is 792. The van der Waals surface area contributed by atoms with Crippen molar-refractivity contribution in [1.29, 1.82) is 0 Å². The van der Waals surface area contributed by atoms with Crippen molar-refractivity contribution >= 4 is 22.7 Å². The van der Waals surface area contributed by atoms with Gasteiger partial charge in [0.1, 0.15) is 5.52 Å². The van der Waals surface area contributed by atoms with Crippen molar-refractivity contribution < 1.29 is 22.4 Å². The van der Waals surface area contributed by atoms with E-state index in [1.54, 1.807) is 23.8 Å². The highest BCUT2D eigenvalue weighted by molar-refractivity contribution is 5.95. The maximum absolute atomic E-state index is 12.2. The van der Waals surface area contributed by atoms with Crippen molar-refractivity contribution in [3.8, 4) is 11.5 Å². The summed E-state index contributed by atoms with van der Waals surface area (Å²) in [5.41, 5.74) is 1.73. The Morgan fingerprint density at radius 3 is 2.50 bits per heavy atom. The molecule has 2 aromatic heterocycles. The largest absolute Gasteiger partial charge is 0.471 e. The number of rotatable bonds is 2. The molecular formula is C14H8F3N3O2. The standard InChI is InChI=1S/C14H8F3N3O2/c15-14(16,17)13(21)19-9-3-1-8(2-4-9)12-20-10-7-18-6-5-11(10)22-12/h1-7H,(H,19,21). The number of amides is 1. The lowest BCUT2D eigenvalue weighted by molar-refractivity contribution is -0.167. The molecule has 8 heteroatoms. The van der Waals surface area contributed by atoms with Crippen LogP contribution in [0.4, 0.5) is 18.9 Å². The average Bonchev–Trinajstić information content (AvgIpc) is 2.91. The lowest BCUT2D eigenvalue weighted by Crippen LogP contribution is -2.29. The van der Waals surface area contributed by atoms with Gasteiger partial charge in [-0.05, 0) is 24.3 Å². The van der Waals surface area contributed by atoms with Crippen LogP contribution in [0.2, 0.25) is 0 Å². The Morgan fingerprint density at radius 2 is 1.86 bits per heavy atom. The fraction of sp³-hybridized carbons (Fsp3) is 0.0714. The summed E-state index contributed by atoms with van der Waals surface area (Å²) in [6.07, 6.45) is -1.82. The zero-order chi connectivity index (χ0) is 15.7. The Morgan fingerprint density at radius 1 is 1.14 bits per heavy atom. The zero-order valence-corrected chi connectivity index (χ0v) is 10.9. The Hall–Kier alpha value is -2.90. The van der Waals surface area contributed by atoms with E-state index in [1.165, 1.54) is 24.3 Å². The van der Waals surface area contributed by atoms with Crippen LogP contribution in [-0.2, 0) is 4.79 Å². The van der Waals surface area contributed by atoms with Crippen molar-refractivity contribution in [2.45, 2.75) is 6.18 Å². The highest BCUT2D eigenvalue weighted by atomic mass is 19.4. The van der Waals surface area contributed by atoms with Gasteiger partial charge in [-0.2, -0.15) is 13.2 Å². The maximum Gasteiger partial charge on any atom is 0.471 e. The first kappa shape index (κ1) is 14.1. The van der Waals surface area contributed by atoms with Crippen LogP contribution in [0.3, 0.4) is 0 Å². The van der Waals surface area contributed by atoms with Crippen LogP contribution in [0, 0.1) is 0 Å². The van der Waals surface area contributed by atoms with Crippen LogP contribution in [0.25, 0.3) is 22.6 Å². The summed E-state index contributed by atoms with van der Waals surface area (Å²) in [6.45, 7) is 0. The highest BCUT2D eigenvalue weighted by Gasteiger charge is 2.38. The van der Waals surface area contributed by atoms with Gasteiger partial charge in [-0.3, -0.25) is 9.78 Å². The normalized spacial score (nSPS) is 11.6. The molecule has 22 heavy (non-hydrogen) atoms. The molecule has 0 aliphatic heterocycles. The van der Waals surface area contributed by atoms with Gasteiger partial charge in [-0.25, -0.2) is 4.98 Å². The van der Waals surface area contributed by atoms with Gasteiger partial charge in [0, 0.05) is 23.5 Å². The number of pyridine rings is 1. The summed E-state index contributed by atoms with van der Waals surface area (Å²) >= 11 is 0. The van der Waals surface area contributed by atoms with Crippen molar-refractivity contribution in [3.63, 3.8) is 0 Å². The second-order valence-electron chi connectivity index (χ2n) is 4.39. The molecule has 1 N–H and O–H groups in total. The molecule has 5 nitrogen and oxygen atoms in total. The summed E-state index contributed by atoms with van der Waals surface area (Å²) in [5.74, 6) is -1.70. The van der Waals surface area contributed by atoms with Crippen molar-refractivity contribution in [2.24, 2.45) is 0 Å². The fourth-order valence-corrected chi connectivity index (χ4v) is 1.80. The van der Waals surface area contributed by atoms with Gasteiger partial charge in [-0.15, -0.1) is 0 Å². The van der Waals surface area contributed by atoms with E-state index in [0.29, 0.717) is 22.6 Å². The van der Waals surface area contributed by atoms with Gasteiger partial charge in [-0.1, -0.05) is 0 Å². The lowest BCUT2D eigenvalue weighted by Gasteiger charge is -2.07. The van der Waals surface area contributed by atoms with E-state index < -0.39 is 12.1 Å². The predicted molar refractivity (Wildman–Crippen MR) is 71.9 cm³/mol. The van der Waals surface area contributed by atoms with Crippen LogP contribution >= 0.6 is 0 Å². The van der Waals surface area contributed by atoms with E-state index in [9.17, 15) is 18.0 Å². The number of carbonyl (C=O) groups is 1. The fourth-order valence-electron chi connectivity index (χ4n) is 1.80. The topological polar surface area (TPSA) is 68.0 Å². The van der Waals surface area contributed by atoms with E-state index in [1.807, 2.05) is 0 Å². The number of alkyl halides is 3. The molecular weight excluding hydrogens is 299 g/mol. The number of oxazole rings is 1. The Balaban J connectivity index is 1.83. The zero-order valence-electron chi connectivity index (χ0n) is 10.9. The second kappa shape index (κ2) is 5.14. The molecule has 112 valence electrons. The first-order valence-electron chi connectivity index (χ1n) is 6.12. The molecule has 1 aromatic carbocycles. The molecule has 0 saturated carbocycles. The van der Waals surface area contributed by atoms with E-state index >= 15 is 0 Å². The molecule has 0 bridgehead atoms. The molecule has 3 rings (SSSR count). The van der Waals surface area contributed by atoms with Gasteiger partial charge in [0.2, 0.25) is 5.89 Å². The molecule has 0 saturated heterocycles. The van der Waals surface area contributed by atoms with Crippen LogP contribution in [0.1, 0.15) is 0 Å². The minimum absolute atomic E-state index is 0.0313. The van der Waals surface area contributed by atoms with Crippen LogP contribution < -0.4 is 5.32 Å². The number of hydrogen-bond donors (Lipinski definition) is 1. The minimum atomic E-state index is -4.92. The third-order valence-corrected chi connectivity index (χ3v) is 2.84. The van der Waals surface area contributed by atoms with Crippen molar-refractivity contribution in [2.75, 3.05) is 5.32 Å². The number of nitrogens with one attached hydrogen (secondary N) is 1. The third-order valence-electron chi connectivity index (χ3n) is 2.84. The molecule has 0 atom stereocenters. The van der Waals surface area contributed by atoms with Gasteiger partial charge >= 0.3 is 12.1 Å². The van der Waals surface area contributed by atoms with Gasteiger partial charge in [0.25, 0.3) is 0 Å². The predicted octanol–water partition coefficient (Wildman–Crippen LogP) is 3.39. The number of nitrogens with zero attached hydrogens (tertiary/aromatic N) is 2. The van der Waals surface area contributed by atoms with Crippen molar-refractivity contribution in [1.82, 2.24) is 9.97 Å². The summed E-state index contributed by atoms with van der Waals surface area (Å²) in [5, 5.41) is 1.76. The molecule has 0 aliphatic rings. The van der Waals surface area contributed by atoms with Crippen LogP contribution in [0.5, 0.6) is 0 Å².